The van der Waals surface area contributed by atoms with Gasteiger partial charge in [0.25, 0.3) is 0 Å². The van der Waals surface area contributed by atoms with Crippen molar-refractivity contribution in [2.24, 2.45) is 0 Å². The van der Waals surface area contributed by atoms with Gasteiger partial charge in [0.05, 0.1) is 5.56 Å². The van der Waals surface area contributed by atoms with E-state index in [1.807, 2.05) is 19.2 Å². The highest BCUT2D eigenvalue weighted by Crippen LogP contribution is 2.46. The molecule has 0 amide bonds. The van der Waals surface area contributed by atoms with E-state index in [-0.39, 0.29) is 5.97 Å². The number of fused-ring (bicyclic) bond motifs is 1. The molecule has 1 aliphatic rings. The van der Waals surface area contributed by atoms with Crippen LogP contribution >= 0.6 is 0 Å². The summed E-state index contributed by atoms with van der Waals surface area (Å²) in [6, 6.07) is 28.5. The molecule has 0 bridgehead atoms. The van der Waals surface area contributed by atoms with E-state index in [1.165, 1.54) is 5.56 Å². The first-order chi connectivity index (χ1) is 17.5. The molecule has 5 rings (SSSR count). The average molecular weight is 478 g/mol. The molecule has 0 radical (unpaired) electrons. The molecule has 4 aromatic rings. The SMILES string of the molecule is CCN(CC)c1ccc(C2(c3ccc(N(C)c4ccc(C)cc4)cc3)OC(=O)c3cccnc32)cc1. The fourth-order valence-electron chi connectivity index (χ4n) is 4.98. The Morgan fingerprint density at radius 3 is 1.86 bits per heavy atom. The predicted octanol–water partition coefficient (Wildman–Crippen LogP) is 6.47. The van der Waals surface area contributed by atoms with Gasteiger partial charge in [-0.25, -0.2) is 4.79 Å². The van der Waals surface area contributed by atoms with Crippen LogP contribution in [-0.4, -0.2) is 31.1 Å². The van der Waals surface area contributed by atoms with E-state index >= 15 is 0 Å². The van der Waals surface area contributed by atoms with Crippen molar-refractivity contribution in [1.29, 1.82) is 0 Å². The number of carbonyl (C=O) groups is 1. The summed E-state index contributed by atoms with van der Waals surface area (Å²) in [6.45, 7) is 8.23. The molecule has 5 heteroatoms. The number of nitrogens with zero attached hydrogens (tertiary/aromatic N) is 3. The molecule has 5 nitrogen and oxygen atoms in total. The van der Waals surface area contributed by atoms with Crippen molar-refractivity contribution in [3.05, 3.63) is 119 Å². The number of pyridine rings is 1. The average Bonchev–Trinajstić information content (AvgIpc) is 3.23. The summed E-state index contributed by atoms with van der Waals surface area (Å²) in [4.78, 5) is 22.1. The zero-order chi connectivity index (χ0) is 25.3. The van der Waals surface area contributed by atoms with Gasteiger partial charge in [-0.2, -0.15) is 0 Å². The van der Waals surface area contributed by atoms with Gasteiger partial charge in [0.2, 0.25) is 5.60 Å². The molecule has 0 saturated carbocycles. The van der Waals surface area contributed by atoms with Crippen LogP contribution in [0, 0.1) is 6.92 Å². The van der Waals surface area contributed by atoms with Gasteiger partial charge in [0.15, 0.2) is 0 Å². The largest absolute Gasteiger partial charge is 0.439 e. The second-order valence-electron chi connectivity index (χ2n) is 9.13. The van der Waals surface area contributed by atoms with E-state index < -0.39 is 5.60 Å². The Kier molecular flexibility index (Phi) is 6.23. The lowest BCUT2D eigenvalue weighted by Crippen LogP contribution is -2.30. The predicted molar refractivity (Wildman–Crippen MR) is 145 cm³/mol. The van der Waals surface area contributed by atoms with Crippen LogP contribution < -0.4 is 9.80 Å². The van der Waals surface area contributed by atoms with Gasteiger partial charge in [-0.1, -0.05) is 42.0 Å². The van der Waals surface area contributed by atoms with Crippen LogP contribution in [0.5, 0.6) is 0 Å². The first-order valence-corrected chi connectivity index (χ1v) is 12.4. The van der Waals surface area contributed by atoms with Crippen molar-refractivity contribution in [2.75, 3.05) is 29.9 Å². The first kappa shape index (κ1) is 23.6. The molecule has 0 N–H and O–H groups in total. The fraction of sp³-hybridized carbons (Fsp3) is 0.226. The van der Waals surface area contributed by atoms with E-state index in [1.54, 1.807) is 18.3 Å². The normalized spacial score (nSPS) is 16.4. The second-order valence-corrected chi connectivity index (χ2v) is 9.13. The number of esters is 1. The van der Waals surface area contributed by atoms with E-state index in [0.29, 0.717) is 11.3 Å². The Hall–Kier alpha value is -4.12. The van der Waals surface area contributed by atoms with E-state index in [2.05, 4.69) is 96.2 Å². The molecule has 3 aromatic carbocycles. The summed E-state index contributed by atoms with van der Waals surface area (Å²) in [6.07, 6.45) is 1.72. The van der Waals surface area contributed by atoms with Gasteiger partial charge in [-0.15, -0.1) is 0 Å². The molecule has 2 heterocycles. The first-order valence-electron chi connectivity index (χ1n) is 12.4. The number of hydrogen-bond donors (Lipinski definition) is 0. The maximum absolute atomic E-state index is 13.0. The van der Waals surface area contributed by atoms with Crippen LogP contribution in [0.2, 0.25) is 0 Å². The second kappa shape index (κ2) is 9.50. The van der Waals surface area contributed by atoms with Crippen molar-refractivity contribution >= 4 is 23.0 Å². The van der Waals surface area contributed by atoms with Crippen molar-refractivity contribution in [1.82, 2.24) is 4.98 Å². The molecular formula is C31H31N3O2. The summed E-state index contributed by atoms with van der Waals surface area (Å²) in [5.41, 5.74) is 6.29. The van der Waals surface area contributed by atoms with Gasteiger partial charge in [0, 0.05) is 54.5 Å². The standard InChI is InChI=1S/C31H31N3O2/c1-5-34(6-2)27-19-13-24(14-20-27)31(29-28(30(35)36-31)8-7-21-32-29)23-11-17-26(18-12-23)33(4)25-15-9-22(3)10-16-25/h7-21H,5-6H2,1-4H3. The Morgan fingerprint density at radius 2 is 1.31 bits per heavy atom. The van der Waals surface area contributed by atoms with Crippen LogP contribution in [0.3, 0.4) is 0 Å². The molecular weight excluding hydrogens is 446 g/mol. The zero-order valence-electron chi connectivity index (χ0n) is 21.2. The number of aryl methyl sites for hydroxylation is 1. The van der Waals surface area contributed by atoms with Gasteiger partial charge >= 0.3 is 5.97 Å². The molecule has 1 atom stereocenters. The van der Waals surface area contributed by atoms with Gasteiger partial charge in [-0.05, 0) is 69.3 Å². The highest BCUT2D eigenvalue weighted by molar-refractivity contribution is 5.95. The molecule has 0 fully saturated rings. The quantitative estimate of drug-likeness (QED) is 0.286. The third-order valence-corrected chi connectivity index (χ3v) is 7.09. The minimum atomic E-state index is -1.10. The number of carbonyl (C=O) groups excluding carboxylic acids is 1. The maximum Gasteiger partial charge on any atom is 0.341 e. The van der Waals surface area contributed by atoms with Crippen molar-refractivity contribution in [3.8, 4) is 0 Å². The number of rotatable bonds is 7. The number of benzene rings is 3. The summed E-state index contributed by atoms with van der Waals surface area (Å²) >= 11 is 0. The smallest absolute Gasteiger partial charge is 0.341 e. The number of aromatic nitrogens is 1. The van der Waals surface area contributed by atoms with Gasteiger partial charge in [0.1, 0.15) is 5.69 Å². The Morgan fingerprint density at radius 1 is 0.778 bits per heavy atom. The Bertz CT molecular complexity index is 1360. The highest BCUT2D eigenvalue weighted by atomic mass is 16.6. The maximum atomic E-state index is 13.0. The molecule has 0 aliphatic carbocycles. The Balaban J connectivity index is 1.59. The highest BCUT2D eigenvalue weighted by Gasteiger charge is 2.50. The number of cyclic esters (lactones) is 1. The number of ether oxygens (including phenoxy) is 1. The molecule has 0 spiro atoms. The molecule has 0 saturated heterocycles. The van der Waals surface area contributed by atoms with Crippen LogP contribution in [0.25, 0.3) is 0 Å². The van der Waals surface area contributed by atoms with Crippen LogP contribution in [0.15, 0.2) is 91.1 Å². The third kappa shape index (κ3) is 3.91. The van der Waals surface area contributed by atoms with Crippen LogP contribution in [-0.2, 0) is 10.3 Å². The summed E-state index contributed by atoms with van der Waals surface area (Å²) in [7, 11) is 2.05. The minimum Gasteiger partial charge on any atom is -0.439 e. The van der Waals surface area contributed by atoms with Gasteiger partial charge < -0.3 is 14.5 Å². The fourth-order valence-corrected chi connectivity index (χ4v) is 4.98. The lowest BCUT2D eigenvalue weighted by Gasteiger charge is -2.30. The Labute approximate surface area is 213 Å². The number of anilines is 3. The summed E-state index contributed by atoms with van der Waals surface area (Å²) < 4.78 is 6.21. The lowest BCUT2D eigenvalue weighted by molar-refractivity contribution is 0.0243. The van der Waals surface area contributed by atoms with Crippen molar-refractivity contribution in [3.63, 3.8) is 0 Å². The zero-order valence-corrected chi connectivity index (χ0v) is 21.2. The van der Waals surface area contributed by atoms with Gasteiger partial charge in [-0.3, -0.25) is 4.98 Å². The summed E-state index contributed by atoms with van der Waals surface area (Å²) in [5.74, 6) is -0.355. The number of hydrogen-bond acceptors (Lipinski definition) is 5. The third-order valence-electron chi connectivity index (χ3n) is 7.09. The monoisotopic (exact) mass is 477 g/mol. The summed E-state index contributed by atoms with van der Waals surface area (Å²) in [5, 5.41) is 0. The lowest BCUT2D eigenvalue weighted by atomic mass is 9.82. The molecule has 36 heavy (non-hydrogen) atoms. The van der Waals surface area contributed by atoms with Crippen molar-refractivity contribution < 1.29 is 9.53 Å². The van der Waals surface area contributed by atoms with E-state index in [9.17, 15) is 4.79 Å². The van der Waals surface area contributed by atoms with E-state index in [4.69, 9.17) is 4.74 Å². The van der Waals surface area contributed by atoms with Crippen LogP contribution in [0.4, 0.5) is 17.1 Å². The molecule has 1 aromatic heterocycles. The molecule has 1 aliphatic heterocycles. The van der Waals surface area contributed by atoms with E-state index in [0.717, 1.165) is 41.3 Å². The molecule has 1 unspecified atom stereocenters. The minimum absolute atomic E-state index is 0.355. The topological polar surface area (TPSA) is 45.7 Å². The van der Waals surface area contributed by atoms with Crippen molar-refractivity contribution in [2.45, 2.75) is 26.4 Å². The van der Waals surface area contributed by atoms with Crippen LogP contribution in [0.1, 0.15) is 46.6 Å². The molecule has 182 valence electrons.